The Bertz CT molecular complexity index is 737. The van der Waals surface area contributed by atoms with Crippen molar-refractivity contribution >= 4 is 16.9 Å². The van der Waals surface area contributed by atoms with Crippen LogP contribution in [-0.2, 0) is 0 Å². The molecule has 0 unspecified atom stereocenters. The van der Waals surface area contributed by atoms with E-state index < -0.39 is 0 Å². The molecule has 2 aromatic rings. The lowest BCUT2D eigenvalue weighted by Gasteiger charge is -2.35. The molecule has 136 valence electrons. The Labute approximate surface area is 149 Å². The van der Waals surface area contributed by atoms with E-state index in [0.717, 1.165) is 38.1 Å². The highest BCUT2D eigenvalue weighted by atomic mass is 16.5. The molecule has 0 bridgehead atoms. The maximum absolute atomic E-state index is 12.8. The SMILES string of the molecule is COc1cccc2cc(C(=O)N3CCN(CCC(C)(C)C)CC3)oc12. The second-order valence-corrected chi connectivity index (χ2v) is 7.93. The van der Waals surface area contributed by atoms with E-state index >= 15 is 0 Å². The molecule has 0 spiro atoms. The fourth-order valence-corrected chi connectivity index (χ4v) is 3.13. The zero-order chi connectivity index (χ0) is 18.0. The molecule has 1 amide bonds. The number of furan rings is 1. The maximum Gasteiger partial charge on any atom is 0.289 e. The highest BCUT2D eigenvalue weighted by Gasteiger charge is 2.25. The second-order valence-electron chi connectivity index (χ2n) is 7.93. The van der Waals surface area contributed by atoms with E-state index in [1.54, 1.807) is 7.11 Å². The smallest absolute Gasteiger partial charge is 0.289 e. The van der Waals surface area contributed by atoms with Gasteiger partial charge < -0.3 is 14.1 Å². The lowest BCUT2D eigenvalue weighted by atomic mass is 9.92. The quantitative estimate of drug-likeness (QED) is 0.849. The van der Waals surface area contributed by atoms with Crippen LogP contribution in [0.15, 0.2) is 28.7 Å². The number of para-hydroxylation sites is 1. The van der Waals surface area contributed by atoms with Crippen molar-refractivity contribution in [2.75, 3.05) is 39.8 Å². The Morgan fingerprint density at radius 1 is 1.20 bits per heavy atom. The Morgan fingerprint density at radius 3 is 2.56 bits per heavy atom. The first-order chi connectivity index (χ1) is 11.9. The number of amides is 1. The molecule has 5 heteroatoms. The Hall–Kier alpha value is -2.01. The fourth-order valence-electron chi connectivity index (χ4n) is 3.13. The number of ether oxygens (including phenoxy) is 1. The van der Waals surface area contributed by atoms with Gasteiger partial charge in [-0.3, -0.25) is 9.69 Å². The molecule has 3 rings (SSSR count). The van der Waals surface area contributed by atoms with Gasteiger partial charge in [0.25, 0.3) is 5.91 Å². The minimum Gasteiger partial charge on any atom is -0.493 e. The third kappa shape index (κ3) is 4.15. The molecule has 1 aliphatic rings. The predicted octanol–water partition coefficient (Wildman–Crippen LogP) is 3.64. The van der Waals surface area contributed by atoms with Crippen molar-refractivity contribution in [2.24, 2.45) is 5.41 Å². The minimum absolute atomic E-state index is 0.0336. The van der Waals surface area contributed by atoms with Gasteiger partial charge in [0.15, 0.2) is 17.1 Å². The first-order valence-corrected chi connectivity index (χ1v) is 8.95. The number of hydrogen-bond donors (Lipinski definition) is 0. The maximum atomic E-state index is 12.8. The molecule has 1 aromatic carbocycles. The van der Waals surface area contributed by atoms with E-state index in [4.69, 9.17) is 9.15 Å². The molecule has 2 heterocycles. The highest BCUT2D eigenvalue weighted by Crippen LogP contribution is 2.29. The van der Waals surface area contributed by atoms with Crippen LogP contribution in [0.4, 0.5) is 0 Å². The third-order valence-electron chi connectivity index (χ3n) is 4.78. The van der Waals surface area contributed by atoms with Crippen LogP contribution in [0.5, 0.6) is 5.75 Å². The molecule has 1 aliphatic heterocycles. The van der Waals surface area contributed by atoms with Gasteiger partial charge in [-0.1, -0.05) is 32.9 Å². The Balaban J connectivity index is 1.63. The van der Waals surface area contributed by atoms with Crippen LogP contribution in [0.3, 0.4) is 0 Å². The molecule has 0 saturated carbocycles. The van der Waals surface area contributed by atoms with Crippen molar-refractivity contribution < 1.29 is 13.9 Å². The summed E-state index contributed by atoms with van der Waals surface area (Å²) in [6, 6.07) is 7.49. The van der Waals surface area contributed by atoms with E-state index in [-0.39, 0.29) is 5.91 Å². The normalized spacial score (nSPS) is 16.4. The van der Waals surface area contributed by atoms with E-state index in [0.29, 0.717) is 22.5 Å². The van der Waals surface area contributed by atoms with Crippen molar-refractivity contribution in [3.05, 3.63) is 30.0 Å². The van der Waals surface area contributed by atoms with Crippen LogP contribution in [0, 0.1) is 5.41 Å². The van der Waals surface area contributed by atoms with Gasteiger partial charge in [0.2, 0.25) is 0 Å². The van der Waals surface area contributed by atoms with Crippen molar-refractivity contribution in [3.8, 4) is 5.75 Å². The van der Waals surface area contributed by atoms with Gasteiger partial charge in [0, 0.05) is 31.6 Å². The fraction of sp³-hybridized carbons (Fsp3) is 0.550. The topological polar surface area (TPSA) is 45.9 Å². The van der Waals surface area contributed by atoms with E-state index in [1.165, 1.54) is 6.42 Å². The minimum atomic E-state index is -0.0336. The average Bonchev–Trinajstić information content (AvgIpc) is 3.03. The lowest BCUT2D eigenvalue weighted by Crippen LogP contribution is -2.49. The standard InChI is InChI=1S/C20H28N2O3/c1-20(2,3)8-9-21-10-12-22(13-11-21)19(23)17-14-15-6-5-7-16(24-4)18(15)25-17/h5-7,14H,8-13H2,1-4H3. The Kier molecular flexibility index (Phi) is 5.04. The summed E-state index contributed by atoms with van der Waals surface area (Å²) in [5, 5.41) is 0.895. The predicted molar refractivity (Wildman–Crippen MR) is 99.2 cm³/mol. The molecule has 0 atom stereocenters. The van der Waals surface area contributed by atoms with Crippen molar-refractivity contribution in [1.29, 1.82) is 0 Å². The van der Waals surface area contributed by atoms with Gasteiger partial charge in [-0.05, 0) is 30.5 Å². The monoisotopic (exact) mass is 344 g/mol. The summed E-state index contributed by atoms with van der Waals surface area (Å²) in [5.74, 6) is 1.01. The molecule has 0 radical (unpaired) electrons. The van der Waals surface area contributed by atoms with Gasteiger partial charge in [-0.2, -0.15) is 0 Å². The summed E-state index contributed by atoms with van der Waals surface area (Å²) >= 11 is 0. The van der Waals surface area contributed by atoms with Crippen LogP contribution in [-0.4, -0.2) is 55.5 Å². The summed E-state index contributed by atoms with van der Waals surface area (Å²) in [6.07, 6.45) is 1.17. The number of rotatable bonds is 4. The van der Waals surface area contributed by atoms with Crippen LogP contribution in [0.2, 0.25) is 0 Å². The third-order valence-corrected chi connectivity index (χ3v) is 4.78. The Morgan fingerprint density at radius 2 is 1.92 bits per heavy atom. The number of benzene rings is 1. The molecular formula is C20H28N2O3. The number of carbonyl (C=O) groups is 1. The van der Waals surface area contributed by atoms with Gasteiger partial charge >= 0.3 is 0 Å². The highest BCUT2D eigenvalue weighted by molar-refractivity contribution is 5.97. The molecule has 1 saturated heterocycles. The lowest BCUT2D eigenvalue weighted by molar-refractivity contribution is 0.0595. The van der Waals surface area contributed by atoms with Crippen molar-refractivity contribution in [1.82, 2.24) is 9.80 Å². The summed E-state index contributed by atoms with van der Waals surface area (Å²) in [7, 11) is 1.61. The van der Waals surface area contributed by atoms with Crippen LogP contribution < -0.4 is 4.74 Å². The van der Waals surface area contributed by atoms with E-state index in [2.05, 4.69) is 25.7 Å². The summed E-state index contributed by atoms with van der Waals surface area (Å²) < 4.78 is 11.1. The van der Waals surface area contributed by atoms with Crippen molar-refractivity contribution in [2.45, 2.75) is 27.2 Å². The summed E-state index contributed by atoms with van der Waals surface area (Å²) in [5.41, 5.74) is 0.984. The average molecular weight is 344 g/mol. The van der Waals surface area contributed by atoms with Crippen LogP contribution in [0.25, 0.3) is 11.0 Å². The zero-order valence-corrected chi connectivity index (χ0v) is 15.7. The molecular weight excluding hydrogens is 316 g/mol. The van der Waals surface area contributed by atoms with Gasteiger partial charge in [-0.15, -0.1) is 0 Å². The summed E-state index contributed by atoms with van der Waals surface area (Å²) in [6.45, 7) is 11.2. The number of hydrogen-bond acceptors (Lipinski definition) is 4. The van der Waals surface area contributed by atoms with E-state index in [1.807, 2.05) is 29.2 Å². The van der Waals surface area contributed by atoms with E-state index in [9.17, 15) is 4.79 Å². The second kappa shape index (κ2) is 7.08. The first-order valence-electron chi connectivity index (χ1n) is 8.95. The van der Waals surface area contributed by atoms with Crippen molar-refractivity contribution in [3.63, 3.8) is 0 Å². The molecule has 0 aliphatic carbocycles. The van der Waals surface area contributed by atoms with Gasteiger partial charge in [-0.25, -0.2) is 0 Å². The van der Waals surface area contributed by atoms with Gasteiger partial charge in [0.05, 0.1) is 7.11 Å². The zero-order valence-electron chi connectivity index (χ0n) is 15.7. The molecule has 25 heavy (non-hydrogen) atoms. The first kappa shape index (κ1) is 17.8. The number of piperazine rings is 1. The number of methoxy groups -OCH3 is 1. The molecule has 1 aromatic heterocycles. The number of nitrogens with zero attached hydrogens (tertiary/aromatic N) is 2. The number of carbonyl (C=O) groups excluding carboxylic acids is 1. The summed E-state index contributed by atoms with van der Waals surface area (Å²) in [4.78, 5) is 17.1. The largest absolute Gasteiger partial charge is 0.493 e. The molecule has 5 nitrogen and oxygen atoms in total. The van der Waals surface area contributed by atoms with Crippen LogP contribution >= 0.6 is 0 Å². The van der Waals surface area contributed by atoms with Crippen LogP contribution in [0.1, 0.15) is 37.7 Å². The number of fused-ring (bicyclic) bond motifs is 1. The molecule has 0 N–H and O–H groups in total. The van der Waals surface area contributed by atoms with Gasteiger partial charge in [0.1, 0.15) is 0 Å². The molecule has 1 fully saturated rings.